The van der Waals surface area contributed by atoms with Crippen LogP contribution in [0.5, 0.6) is 0 Å². The van der Waals surface area contributed by atoms with E-state index < -0.39 is 7.14 Å². The summed E-state index contributed by atoms with van der Waals surface area (Å²) in [7, 11) is -3.14. The van der Waals surface area contributed by atoms with Crippen LogP contribution in [0.2, 0.25) is 0 Å². The second-order valence-electron chi connectivity index (χ2n) is 18.2. The van der Waals surface area contributed by atoms with Crippen molar-refractivity contribution in [1.29, 1.82) is 0 Å². The molecule has 0 N–H and O–H groups in total. The van der Waals surface area contributed by atoms with Gasteiger partial charge in [0.1, 0.15) is 11.2 Å². The van der Waals surface area contributed by atoms with E-state index in [2.05, 4.69) is 170 Å². The van der Waals surface area contributed by atoms with Gasteiger partial charge in [-0.2, -0.15) is 0 Å². The van der Waals surface area contributed by atoms with Gasteiger partial charge in [-0.3, -0.25) is 0 Å². The van der Waals surface area contributed by atoms with Gasteiger partial charge in [-0.1, -0.05) is 255 Å². The van der Waals surface area contributed by atoms with E-state index in [0.29, 0.717) is 17.5 Å². The van der Waals surface area contributed by atoms with Crippen LogP contribution < -0.4 is 15.9 Å². The lowest BCUT2D eigenvalue weighted by atomic mass is 9.93. The van der Waals surface area contributed by atoms with Crippen LogP contribution >= 0.6 is 7.14 Å². The highest BCUT2D eigenvalue weighted by Crippen LogP contribution is 2.45. The zero-order chi connectivity index (χ0) is 48.7. The van der Waals surface area contributed by atoms with Gasteiger partial charge in [0.25, 0.3) is 0 Å². The number of furan rings is 1. The third-order valence-corrected chi connectivity index (χ3v) is 17.0. The predicted octanol–water partition coefficient (Wildman–Crippen LogP) is 16.2. The van der Waals surface area contributed by atoms with Gasteiger partial charge in [0.05, 0.1) is 0 Å². The molecule has 0 saturated heterocycles. The smallest absolute Gasteiger partial charge is 0.171 e. The first-order valence-electron chi connectivity index (χ1n) is 24.4. The van der Waals surface area contributed by atoms with Crippen LogP contribution in [0.3, 0.4) is 0 Å². The van der Waals surface area contributed by atoms with Crippen LogP contribution in [0.15, 0.2) is 271 Å². The molecular formula is C67H44N3O2P. The Morgan fingerprint density at radius 1 is 0.288 bits per heavy atom. The Kier molecular flexibility index (Phi) is 11.1. The van der Waals surface area contributed by atoms with E-state index in [1.807, 2.05) is 97.1 Å². The SMILES string of the molecule is O=P(c1ccccc1)(c1ccccc1)c1ccc(-c2cccc3oc4c5ccccc5c(-c5ccc(-c6nc(-c7ccc(-c8ccccc8)cc7)nc(-c7ccc(-c8ccccc8)cc7)n6)cc5)cc4c23)cc1. The van der Waals surface area contributed by atoms with Crippen molar-refractivity contribution in [3.05, 3.63) is 267 Å². The van der Waals surface area contributed by atoms with E-state index in [4.69, 9.17) is 19.4 Å². The van der Waals surface area contributed by atoms with Crippen LogP contribution in [0.1, 0.15) is 0 Å². The molecule has 0 saturated carbocycles. The van der Waals surface area contributed by atoms with Gasteiger partial charge < -0.3 is 8.98 Å². The molecule has 0 spiro atoms. The maximum absolute atomic E-state index is 15.2. The molecule has 0 aliphatic rings. The second-order valence-corrected chi connectivity index (χ2v) is 21.0. The molecule has 2 aromatic heterocycles. The fourth-order valence-corrected chi connectivity index (χ4v) is 12.8. The van der Waals surface area contributed by atoms with E-state index in [1.54, 1.807) is 0 Å². The van der Waals surface area contributed by atoms with Gasteiger partial charge in [0.15, 0.2) is 24.6 Å². The average molecular weight is 954 g/mol. The van der Waals surface area contributed by atoms with Crippen molar-refractivity contribution in [3.8, 4) is 78.7 Å². The molecule has 0 radical (unpaired) electrons. The van der Waals surface area contributed by atoms with Gasteiger partial charge in [-0.15, -0.1) is 0 Å². The molecule has 6 heteroatoms. The first-order chi connectivity index (χ1) is 36.0. The number of benzene rings is 11. The molecule has 0 aliphatic carbocycles. The highest BCUT2D eigenvalue weighted by molar-refractivity contribution is 7.85. The summed E-state index contributed by atoms with van der Waals surface area (Å²) in [6, 6.07) is 91.0. The van der Waals surface area contributed by atoms with Gasteiger partial charge in [0.2, 0.25) is 0 Å². The fourth-order valence-electron chi connectivity index (χ4n) is 10.1. The second kappa shape index (κ2) is 18.5. The molecule has 13 aromatic rings. The van der Waals surface area contributed by atoms with E-state index in [0.717, 1.165) is 110 Å². The molecule has 0 bridgehead atoms. The van der Waals surface area contributed by atoms with Crippen LogP contribution in [-0.2, 0) is 4.57 Å². The Morgan fingerprint density at radius 3 is 1.15 bits per heavy atom. The molecule has 11 aromatic carbocycles. The molecule has 0 unspecified atom stereocenters. The van der Waals surface area contributed by atoms with Gasteiger partial charge in [0, 0.05) is 48.8 Å². The first kappa shape index (κ1) is 43.7. The molecule has 0 aliphatic heterocycles. The van der Waals surface area contributed by atoms with Crippen LogP contribution in [-0.4, -0.2) is 15.0 Å². The Morgan fingerprint density at radius 2 is 0.658 bits per heavy atom. The summed E-state index contributed by atoms with van der Waals surface area (Å²) < 4.78 is 22.0. The van der Waals surface area contributed by atoms with E-state index in [9.17, 15) is 0 Å². The largest absolute Gasteiger partial charge is 0.455 e. The van der Waals surface area contributed by atoms with Crippen molar-refractivity contribution in [3.63, 3.8) is 0 Å². The number of hydrogen-bond donors (Lipinski definition) is 0. The van der Waals surface area contributed by atoms with E-state index in [-0.39, 0.29) is 0 Å². The van der Waals surface area contributed by atoms with Crippen molar-refractivity contribution >= 4 is 55.8 Å². The quantitative estimate of drug-likeness (QED) is 0.128. The minimum absolute atomic E-state index is 0.589. The summed E-state index contributed by atoms with van der Waals surface area (Å²) in [4.78, 5) is 15.3. The maximum Gasteiger partial charge on any atom is 0.171 e. The molecule has 5 nitrogen and oxygen atoms in total. The van der Waals surface area contributed by atoms with Crippen LogP contribution in [0.25, 0.3) is 111 Å². The number of nitrogens with zero attached hydrogens (tertiary/aromatic N) is 3. The zero-order valence-electron chi connectivity index (χ0n) is 39.5. The third kappa shape index (κ3) is 8.03. The molecular weight excluding hydrogens is 910 g/mol. The summed E-state index contributed by atoms with van der Waals surface area (Å²) >= 11 is 0. The monoisotopic (exact) mass is 953 g/mol. The van der Waals surface area contributed by atoms with Gasteiger partial charge in [-0.25, -0.2) is 15.0 Å². The molecule has 0 fully saturated rings. The van der Waals surface area contributed by atoms with Crippen molar-refractivity contribution in [2.75, 3.05) is 0 Å². The summed E-state index contributed by atoms with van der Waals surface area (Å²) in [5.41, 5.74) is 13.1. The van der Waals surface area contributed by atoms with Crippen LogP contribution in [0, 0.1) is 0 Å². The molecule has 0 amide bonds. The van der Waals surface area contributed by atoms with Gasteiger partial charge >= 0.3 is 0 Å². The van der Waals surface area contributed by atoms with Crippen molar-refractivity contribution in [2.45, 2.75) is 0 Å². The average Bonchev–Trinajstić information content (AvgIpc) is 3.87. The Bertz CT molecular complexity index is 4020. The topological polar surface area (TPSA) is 68.9 Å². The molecule has 73 heavy (non-hydrogen) atoms. The third-order valence-electron chi connectivity index (χ3n) is 13.9. The first-order valence-corrected chi connectivity index (χ1v) is 26.1. The normalized spacial score (nSPS) is 11.6. The number of aromatic nitrogens is 3. The minimum atomic E-state index is -3.14. The highest BCUT2D eigenvalue weighted by atomic mass is 31.2. The van der Waals surface area contributed by atoms with Crippen molar-refractivity contribution in [1.82, 2.24) is 15.0 Å². The minimum Gasteiger partial charge on any atom is -0.455 e. The summed E-state index contributed by atoms with van der Waals surface area (Å²) in [5.74, 6) is 1.79. The van der Waals surface area contributed by atoms with E-state index >= 15 is 4.57 Å². The molecule has 0 atom stereocenters. The molecule has 13 rings (SSSR count). The summed E-state index contributed by atoms with van der Waals surface area (Å²) in [5, 5.41) is 6.58. The summed E-state index contributed by atoms with van der Waals surface area (Å²) in [6.45, 7) is 0. The number of fused-ring (bicyclic) bond motifs is 5. The molecule has 2 heterocycles. The Balaban J connectivity index is 0.893. The highest BCUT2D eigenvalue weighted by Gasteiger charge is 2.30. The lowest BCUT2D eigenvalue weighted by Gasteiger charge is -2.20. The molecule has 344 valence electrons. The van der Waals surface area contributed by atoms with E-state index in [1.165, 1.54) is 0 Å². The van der Waals surface area contributed by atoms with Crippen LogP contribution in [0.4, 0.5) is 0 Å². The number of rotatable bonds is 10. The standard InChI is InChI=1S/C67H44N3O2P/c71-73(54-20-9-3-10-21-54,55-22-11-4-12-23-55)56-42-40-49(41-43-56)57-26-15-27-62-63(57)61-44-60(58-24-13-14-25-59(58)64(61)72-62)50-32-38-53(39-33-50)67-69-65(51-34-28-47(29-35-51)45-16-5-1-6-17-45)68-66(70-67)52-36-30-48(31-37-52)46-18-7-2-8-19-46/h1-44H. The lowest BCUT2D eigenvalue weighted by Crippen LogP contribution is -2.24. The summed E-state index contributed by atoms with van der Waals surface area (Å²) in [6.07, 6.45) is 0. The predicted molar refractivity (Wildman–Crippen MR) is 302 cm³/mol. The number of hydrogen-bond acceptors (Lipinski definition) is 5. The zero-order valence-corrected chi connectivity index (χ0v) is 40.4. The fraction of sp³-hybridized carbons (Fsp3) is 0. The maximum atomic E-state index is 15.2. The van der Waals surface area contributed by atoms with Crippen molar-refractivity contribution in [2.24, 2.45) is 0 Å². The van der Waals surface area contributed by atoms with Gasteiger partial charge in [-0.05, 0) is 62.0 Å². The Labute approximate surface area is 423 Å². The Hall–Kier alpha value is -9.28. The lowest BCUT2D eigenvalue weighted by molar-refractivity contribution is 0.592. The van der Waals surface area contributed by atoms with Crippen molar-refractivity contribution < 1.29 is 8.98 Å².